The highest BCUT2D eigenvalue weighted by Gasteiger charge is 2.16. The first-order valence-corrected chi connectivity index (χ1v) is 26.2. The van der Waals surface area contributed by atoms with Gasteiger partial charge in [-0.25, -0.2) is 23.4 Å². The summed E-state index contributed by atoms with van der Waals surface area (Å²) in [5.41, 5.74) is 19.7. The third-order valence-corrected chi connectivity index (χ3v) is 14.0. The average Bonchev–Trinajstić information content (AvgIpc) is 3.42. The Labute approximate surface area is 433 Å². The molecule has 0 atom stereocenters. The Hall–Kier alpha value is -9.03. The van der Waals surface area contributed by atoms with E-state index in [1.165, 1.54) is 25.0 Å². The smallest absolute Gasteiger partial charge is 0.271 e. The third-order valence-electron chi connectivity index (χ3n) is 12.7. The molecule has 0 bridgehead atoms. The van der Waals surface area contributed by atoms with Gasteiger partial charge in [-0.05, 0) is 92.1 Å². The van der Waals surface area contributed by atoms with Gasteiger partial charge in [0.15, 0.2) is 5.96 Å². The Morgan fingerprint density at radius 1 is 0.547 bits per heavy atom. The first kappa shape index (κ1) is 50.9. The van der Waals surface area contributed by atoms with Crippen molar-refractivity contribution in [1.82, 2.24) is 15.0 Å². The number of guanidine groups is 1. The number of nitro benzene ring substituents is 1. The van der Waals surface area contributed by atoms with Gasteiger partial charge < -0.3 is 36.9 Å². The molecule has 0 saturated heterocycles. The number of unbranched alkanes of at least 4 members (excludes halogenated alkanes) is 3. The van der Waals surface area contributed by atoms with E-state index in [1.807, 2.05) is 60.7 Å². The van der Waals surface area contributed by atoms with E-state index in [9.17, 15) is 18.5 Å². The van der Waals surface area contributed by atoms with Gasteiger partial charge in [0, 0.05) is 87.6 Å². The number of nitrogens with zero attached hydrogens (tertiary/aromatic N) is 5. The summed E-state index contributed by atoms with van der Waals surface area (Å²) in [5.74, 6) is 1.45. The van der Waals surface area contributed by atoms with Crippen LogP contribution in [0.1, 0.15) is 32.1 Å². The van der Waals surface area contributed by atoms with E-state index in [0.29, 0.717) is 22.4 Å². The Morgan fingerprint density at radius 3 is 1.48 bits per heavy atom. The first-order chi connectivity index (χ1) is 36.5. The number of sulfonamides is 1. The lowest BCUT2D eigenvalue weighted by molar-refractivity contribution is -0.384. The largest absolute Gasteiger partial charge is 0.497 e. The molecule has 7 aromatic carbocycles. The molecule has 18 heteroatoms. The number of pyridine rings is 3. The molecule has 75 heavy (non-hydrogen) atoms. The van der Waals surface area contributed by atoms with Crippen LogP contribution in [0, 0.1) is 10.1 Å². The average molecular weight is 1020 g/mol. The summed E-state index contributed by atoms with van der Waals surface area (Å²) in [5, 5.41) is 28.1. The maximum absolute atomic E-state index is 12.3. The minimum atomic E-state index is -3.56. The number of ether oxygens (including phenoxy) is 2. The molecule has 3 aromatic heterocycles. The second-order valence-corrected chi connectivity index (χ2v) is 19.6. The number of nitrogens with one attached hydrogen (secondary N) is 4. The van der Waals surface area contributed by atoms with E-state index < -0.39 is 14.9 Å². The fourth-order valence-corrected chi connectivity index (χ4v) is 10.1. The Morgan fingerprint density at radius 2 is 0.987 bits per heavy atom. The van der Waals surface area contributed by atoms with Gasteiger partial charge in [-0.3, -0.25) is 19.8 Å². The lowest BCUT2D eigenvalue weighted by atomic mass is 10.1. The van der Waals surface area contributed by atoms with Crippen molar-refractivity contribution in [3.8, 4) is 11.5 Å². The predicted octanol–water partition coefficient (Wildman–Crippen LogP) is 11.6. The van der Waals surface area contributed by atoms with Gasteiger partial charge in [0.2, 0.25) is 10.0 Å². The highest BCUT2D eigenvalue weighted by atomic mass is 32.2. The topological polar surface area (TPSA) is 247 Å². The monoisotopic (exact) mass is 1020 g/mol. The van der Waals surface area contributed by atoms with Gasteiger partial charge in [0.25, 0.3) is 5.69 Å². The molecule has 0 aliphatic rings. The summed E-state index contributed by atoms with van der Waals surface area (Å²) in [6.45, 7) is 2.07. The first-order valence-electron chi connectivity index (χ1n) is 24.6. The van der Waals surface area contributed by atoms with Gasteiger partial charge in [-0.2, -0.15) is 0 Å². The number of rotatable bonds is 20. The number of nitro groups is 1. The van der Waals surface area contributed by atoms with Crippen LogP contribution >= 0.6 is 0 Å². The van der Waals surface area contributed by atoms with Crippen LogP contribution in [-0.4, -0.2) is 73.9 Å². The van der Waals surface area contributed by atoms with E-state index >= 15 is 0 Å². The van der Waals surface area contributed by atoms with Crippen molar-refractivity contribution in [3.63, 3.8) is 0 Å². The van der Waals surface area contributed by atoms with Crippen LogP contribution in [-0.2, 0) is 10.0 Å². The van der Waals surface area contributed by atoms with Crippen molar-refractivity contribution in [2.45, 2.75) is 32.1 Å². The molecule has 17 nitrogen and oxygen atoms in total. The summed E-state index contributed by atoms with van der Waals surface area (Å²) in [4.78, 5) is 28.8. The highest BCUT2D eigenvalue weighted by Crippen LogP contribution is 2.37. The number of methoxy groups -OCH3 is 2. The van der Waals surface area contributed by atoms with E-state index in [2.05, 4.69) is 79.2 Å². The van der Waals surface area contributed by atoms with Crippen LogP contribution in [0.3, 0.4) is 0 Å². The number of hydrogen-bond acceptors (Lipinski definition) is 13. The lowest BCUT2D eigenvalue weighted by Crippen LogP contribution is -2.23. The fraction of sp³-hybridized carbons (Fsp3) is 0.193. The maximum Gasteiger partial charge on any atom is 0.271 e. The number of hydrogen-bond donors (Lipinski definition) is 6. The van der Waals surface area contributed by atoms with E-state index in [1.54, 1.807) is 44.6 Å². The zero-order valence-corrected chi connectivity index (χ0v) is 42.4. The molecular formula is C57H57N11O6S. The van der Waals surface area contributed by atoms with Crippen molar-refractivity contribution in [2.75, 3.05) is 60.3 Å². The normalized spacial score (nSPS) is 11.3. The van der Waals surface area contributed by atoms with Gasteiger partial charge in [-0.1, -0.05) is 67.4 Å². The van der Waals surface area contributed by atoms with Gasteiger partial charge in [0.1, 0.15) is 11.5 Å². The second kappa shape index (κ2) is 23.2. The molecule has 0 saturated carbocycles. The zero-order valence-electron chi connectivity index (χ0n) is 41.5. The van der Waals surface area contributed by atoms with Crippen molar-refractivity contribution < 1.29 is 22.8 Å². The Bertz CT molecular complexity index is 3700. The third kappa shape index (κ3) is 12.3. The Kier molecular flexibility index (Phi) is 15.8. The van der Waals surface area contributed by atoms with Gasteiger partial charge in [-0.15, -0.1) is 0 Å². The van der Waals surface area contributed by atoms with Gasteiger partial charge in [0.05, 0.1) is 75.1 Å². The summed E-state index contributed by atoms with van der Waals surface area (Å²) < 4.78 is 38.0. The van der Waals surface area contributed by atoms with Crippen LogP contribution in [0.4, 0.5) is 34.1 Å². The second-order valence-electron chi connectivity index (χ2n) is 17.8. The molecule has 0 unspecified atom stereocenters. The molecule has 0 fully saturated rings. The zero-order chi connectivity index (χ0) is 52.3. The molecule has 0 spiro atoms. The lowest BCUT2D eigenvalue weighted by Gasteiger charge is -2.15. The highest BCUT2D eigenvalue weighted by molar-refractivity contribution is 7.92. The van der Waals surface area contributed by atoms with Crippen molar-refractivity contribution in [1.29, 1.82) is 0 Å². The molecule has 382 valence electrons. The quantitative estimate of drug-likeness (QED) is 0.0104. The summed E-state index contributed by atoms with van der Waals surface area (Å²) >= 11 is 0. The number of aliphatic imine (C=N–C) groups is 1. The number of para-hydroxylation sites is 3. The predicted molar refractivity (Wildman–Crippen MR) is 305 cm³/mol. The summed E-state index contributed by atoms with van der Waals surface area (Å²) in [6, 6.07) is 47.7. The molecule has 10 rings (SSSR count). The van der Waals surface area contributed by atoms with Crippen LogP contribution in [0.25, 0.3) is 65.4 Å². The van der Waals surface area contributed by atoms with Crippen LogP contribution < -0.4 is 41.6 Å². The van der Waals surface area contributed by atoms with Crippen LogP contribution in [0.5, 0.6) is 11.5 Å². The maximum atomic E-state index is 12.3. The van der Waals surface area contributed by atoms with E-state index in [4.69, 9.17) is 30.9 Å². The SMILES string of the molecule is COc1ccc2c(NCCCCCCNc3c4ccccc4nc4cc(OC)ccc34)c3ccccc3nc2c1.NC(N)=NCCCS(=O)(=O)Nc1ccc(Nc2c3ccccc3nc3cc([N+](=O)[O-])ccc23)cc1. The molecule has 8 N–H and O–H groups in total. The molecular weight excluding hydrogens is 967 g/mol. The minimum absolute atomic E-state index is 0.0406. The number of aromatic nitrogens is 3. The van der Waals surface area contributed by atoms with Crippen molar-refractivity contribution in [2.24, 2.45) is 16.5 Å². The number of non-ortho nitro benzene ring substituents is 1. The molecule has 0 aliphatic carbocycles. The van der Waals surface area contributed by atoms with Gasteiger partial charge >= 0.3 is 0 Å². The number of benzene rings is 7. The minimum Gasteiger partial charge on any atom is -0.497 e. The molecule has 0 radical (unpaired) electrons. The fourth-order valence-electron chi connectivity index (χ4n) is 9.00. The molecule has 10 aromatic rings. The van der Waals surface area contributed by atoms with Crippen molar-refractivity contribution in [3.05, 3.63) is 162 Å². The number of nitrogens with two attached hydrogens (primary N) is 2. The Balaban J connectivity index is 0.000000186. The van der Waals surface area contributed by atoms with Crippen LogP contribution in [0.15, 0.2) is 157 Å². The van der Waals surface area contributed by atoms with Crippen LogP contribution in [0.2, 0.25) is 0 Å². The van der Waals surface area contributed by atoms with E-state index in [-0.39, 0.29) is 30.4 Å². The molecule has 0 aliphatic heterocycles. The van der Waals surface area contributed by atoms with Crippen molar-refractivity contribution >= 4 is 116 Å². The number of fused-ring (bicyclic) bond motifs is 6. The molecule has 0 amide bonds. The standard InChI is InChI=1S/C34H34N4O2.C23H23N7O4S/c1-39-23-15-17-27-31(21-23)37-29-13-7-5-11-25(29)33(27)35-19-9-3-4-10-20-36-34-26-12-6-8-14-30(26)38-32-22-24(40-2)16-18-28(32)34;24-23(25)26-12-3-13-35(33,34)29-16-8-6-15(7-9-16)27-22-18-4-1-2-5-20(18)28-21-14-17(30(31)32)10-11-19(21)22/h5-8,11-18,21-22H,3-4,9-10,19-20H2,1-2H3,(H,35,37)(H,36,38);1-2,4-11,14,29H,3,12-13H2,(H,27,28)(H4,24,25,26). The summed E-state index contributed by atoms with van der Waals surface area (Å²) in [6.07, 6.45) is 4.83. The molecule has 3 heterocycles. The number of anilines is 5. The summed E-state index contributed by atoms with van der Waals surface area (Å²) in [7, 11) is -0.177. The van der Waals surface area contributed by atoms with E-state index in [0.717, 1.165) is 109 Å².